The Morgan fingerprint density at radius 3 is 2.52 bits per heavy atom. The van der Waals surface area contributed by atoms with Gasteiger partial charge in [-0.1, -0.05) is 25.5 Å². The second-order valence-electron chi connectivity index (χ2n) is 6.07. The molecule has 0 atom stereocenters. The number of fused-ring (bicyclic) bond motifs is 1. The Labute approximate surface area is 153 Å². The monoisotopic (exact) mass is 355 g/mol. The zero-order valence-corrected chi connectivity index (χ0v) is 16.2. The molecular formula is C20H25N3OS. The van der Waals surface area contributed by atoms with Crippen molar-refractivity contribution < 1.29 is 4.74 Å². The van der Waals surface area contributed by atoms with Crippen LogP contribution in [0.15, 0.2) is 24.3 Å². The third kappa shape index (κ3) is 3.76. The Kier molecular flexibility index (Phi) is 5.53. The van der Waals surface area contributed by atoms with E-state index in [1.165, 1.54) is 16.0 Å². The lowest BCUT2D eigenvalue weighted by atomic mass is 10.0. The molecule has 1 aromatic carbocycles. The smallest absolute Gasteiger partial charge is 0.139 e. The summed E-state index contributed by atoms with van der Waals surface area (Å²) in [7, 11) is 0. The van der Waals surface area contributed by atoms with Crippen molar-refractivity contribution in [3.63, 3.8) is 0 Å². The number of nitrogens with zero attached hydrogens (tertiary/aromatic N) is 2. The van der Waals surface area contributed by atoms with E-state index in [0.717, 1.165) is 47.0 Å². The lowest BCUT2D eigenvalue weighted by Crippen LogP contribution is -2.05. The molecular weight excluding hydrogens is 330 g/mol. The molecule has 0 bridgehead atoms. The maximum atomic E-state index is 5.57. The average Bonchev–Trinajstić information content (AvgIpc) is 2.92. The molecule has 132 valence electrons. The largest absolute Gasteiger partial charge is 0.494 e. The van der Waals surface area contributed by atoms with E-state index in [2.05, 4.69) is 41.3 Å². The number of anilines is 1. The first-order chi connectivity index (χ1) is 12.1. The SMILES string of the molecule is CCCCNc1nc(C)nc2sc(C)c(-c3ccc(OCC)cc3)c12. The van der Waals surface area contributed by atoms with Crippen molar-refractivity contribution >= 4 is 27.4 Å². The molecule has 0 unspecified atom stereocenters. The van der Waals surface area contributed by atoms with E-state index >= 15 is 0 Å². The number of nitrogens with one attached hydrogen (secondary N) is 1. The number of unbranched alkanes of at least 4 members (excludes halogenated alkanes) is 1. The molecule has 3 rings (SSSR count). The summed E-state index contributed by atoms with van der Waals surface area (Å²) >= 11 is 1.73. The summed E-state index contributed by atoms with van der Waals surface area (Å²) in [6, 6.07) is 8.30. The molecule has 3 aromatic rings. The van der Waals surface area contributed by atoms with Crippen molar-refractivity contribution in [2.75, 3.05) is 18.5 Å². The fourth-order valence-corrected chi connectivity index (χ4v) is 4.05. The first-order valence-corrected chi connectivity index (χ1v) is 9.70. The number of aromatic nitrogens is 2. The molecule has 5 heteroatoms. The molecule has 0 radical (unpaired) electrons. The maximum Gasteiger partial charge on any atom is 0.139 e. The predicted molar refractivity (Wildman–Crippen MR) is 107 cm³/mol. The normalized spacial score (nSPS) is 11.0. The van der Waals surface area contributed by atoms with E-state index in [4.69, 9.17) is 4.74 Å². The second kappa shape index (κ2) is 7.83. The van der Waals surface area contributed by atoms with Crippen LogP contribution in [0.3, 0.4) is 0 Å². The highest BCUT2D eigenvalue weighted by atomic mass is 32.1. The maximum absolute atomic E-state index is 5.57. The first kappa shape index (κ1) is 17.7. The fourth-order valence-electron chi connectivity index (χ4n) is 2.96. The molecule has 4 nitrogen and oxygen atoms in total. The van der Waals surface area contributed by atoms with Gasteiger partial charge < -0.3 is 10.1 Å². The van der Waals surface area contributed by atoms with Crippen molar-refractivity contribution in [3.05, 3.63) is 35.0 Å². The van der Waals surface area contributed by atoms with Gasteiger partial charge in [-0.05, 0) is 44.9 Å². The summed E-state index contributed by atoms with van der Waals surface area (Å²) in [5.41, 5.74) is 2.40. The standard InChI is InChI=1S/C20H25N3OS/c1-5-7-12-21-19-18-17(13(3)25-20(18)23-14(4)22-19)15-8-10-16(11-9-15)24-6-2/h8-11H,5-7,12H2,1-4H3,(H,21,22,23). The van der Waals surface area contributed by atoms with Crippen molar-refractivity contribution in [2.45, 2.75) is 40.5 Å². The third-order valence-corrected chi connectivity index (χ3v) is 5.12. The number of benzene rings is 1. The lowest BCUT2D eigenvalue weighted by molar-refractivity contribution is 0.340. The molecule has 2 heterocycles. The van der Waals surface area contributed by atoms with Crippen LogP contribution in [0.5, 0.6) is 5.75 Å². The van der Waals surface area contributed by atoms with Crippen LogP contribution in [0.4, 0.5) is 5.82 Å². The zero-order chi connectivity index (χ0) is 17.8. The van der Waals surface area contributed by atoms with E-state index in [0.29, 0.717) is 6.61 Å². The van der Waals surface area contributed by atoms with Gasteiger partial charge in [0.05, 0.1) is 12.0 Å². The predicted octanol–water partition coefficient (Wildman–Crippen LogP) is 5.59. The Bertz CT molecular complexity index is 855. The molecule has 0 spiro atoms. The van der Waals surface area contributed by atoms with Gasteiger partial charge in [-0.15, -0.1) is 11.3 Å². The minimum Gasteiger partial charge on any atom is -0.494 e. The van der Waals surface area contributed by atoms with Crippen molar-refractivity contribution in [3.8, 4) is 16.9 Å². The highest BCUT2D eigenvalue weighted by Gasteiger charge is 2.17. The van der Waals surface area contributed by atoms with Crippen LogP contribution in [0.25, 0.3) is 21.3 Å². The number of aryl methyl sites for hydroxylation is 2. The summed E-state index contributed by atoms with van der Waals surface area (Å²) in [6.07, 6.45) is 2.29. The van der Waals surface area contributed by atoms with E-state index < -0.39 is 0 Å². The molecule has 25 heavy (non-hydrogen) atoms. The summed E-state index contributed by atoms with van der Waals surface area (Å²) in [6.45, 7) is 9.92. The topological polar surface area (TPSA) is 47.0 Å². The molecule has 0 aliphatic heterocycles. The van der Waals surface area contributed by atoms with Gasteiger partial charge in [-0.2, -0.15) is 0 Å². The van der Waals surface area contributed by atoms with Crippen molar-refractivity contribution in [1.29, 1.82) is 0 Å². The zero-order valence-electron chi connectivity index (χ0n) is 15.3. The number of ether oxygens (including phenoxy) is 1. The molecule has 2 aromatic heterocycles. The van der Waals surface area contributed by atoms with Crippen LogP contribution in [0.2, 0.25) is 0 Å². The van der Waals surface area contributed by atoms with Gasteiger partial charge in [0.15, 0.2) is 0 Å². The molecule has 0 aliphatic carbocycles. The summed E-state index contributed by atoms with van der Waals surface area (Å²) in [5.74, 6) is 2.66. The van der Waals surface area contributed by atoms with Crippen LogP contribution in [-0.2, 0) is 0 Å². The summed E-state index contributed by atoms with van der Waals surface area (Å²) in [5, 5.41) is 4.65. The molecule has 1 N–H and O–H groups in total. The van der Waals surface area contributed by atoms with Gasteiger partial charge in [0, 0.05) is 17.0 Å². The van der Waals surface area contributed by atoms with Crippen LogP contribution in [-0.4, -0.2) is 23.1 Å². The van der Waals surface area contributed by atoms with Gasteiger partial charge in [0.2, 0.25) is 0 Å². The molecule has 0 fully saturated rings. The van der Waals surface area contributed by atoms with E-state index in [-0.39, 0.29) is 0 Å². The number of rotatable bonds is 7. The van der Waals surface area contributed by atoms with Gasteiger partial charge in [0.1, 0.15) is 22.2 Å². The average molecular weight is 356 g/mol. The highest BCUT2D eigenvalue weighted by molar-refractivity contribution is 7.19. The molecule has 0 saturated heterocycles. The number of hydrogen-bond donors (Lipinski definition) is 1. The van der Waals surface area contributed by atoms with Gasteiger partial charge >= 0.3 is 0 Å². The number of hydrogen-bond acceptors (Lipinski definition) is 5. The Morgan fingerprint density at radius 2 is 1.84 bits per heavy atom. The molecule has 0 aliphatic rings. The van der Waals surface area contributed by atoms with Gasteiger partial charge in [-0.3, -0.25) is 0 Å². The van der Waals surface area contributed by atoms with Gasteiger partial charge in [-0.25, -0.2) is 9.97 Å². The lowest BCUT2D eigenvalue weighted by Gasteiger charge is -2.10. The molecule has 0 amide bonds. The van der Waals surface area contributed by atoms with Crippen LogP contribution in [0, 0.1) is 13.8 Å². The van der Waals surface area contributed by atoms with E-state index in [1.807, 2.05) is 26.0 Å². The minimum atomic E-state index is 0.679. The molecule has 0 saturated carbocycles. The Hall–Kier alpha value is -2.14. The second-order valence-corrected chi connectivity index (χ2v) is 7.27. The Morgan fingerprint density at radius 1 is 1.08 bits per heavy atom. The quantitative estimate of drug-likeness (QED) is 0.562. The number of thiophene rings is 1. The third-order valence-electron chi connectivity index (χ3n) is 4.12. The minimum absolute atomic E-state index is 0.679. The van der Waals surface area contributed by atoms with Crippen molar-refractivity contribution in [2.24, 2.45) is 0 Å². The van der Waals surface area contributed by atoms with Crippen LogP contribution in [0.1, 0.15) is 37.4 Å². The van der Waals surface area contributed by atoms with E-state index in [9.17, 15) is 0 Å². The van der Waals surface area contributed by atoms with Crippen molar-refractivity contribution in [1.82, 2.24) is 9.97 Å². The van der Waals surface area contributed by atoms with E-state index in [1.54, 1.807) is 11.3 Å². The summed E-state index contributed by atoms with van der Waals surface area (Å²) < 4.78 is 5.57. The van der Waals surface area contributed by atoms with Crippen LogP contribution >= 0.6 is 11.3 Å². The Balaban J connectivity index is 2.08. The van der Waals surface area contributed by atoms with Gasteiger partial charge in [0.25, 0.3) is 0 Å². The highest BCUT2D eigenvalue weighted by Crippen LogP contribution is 2.41. The summed E-state index contributed by atoms with van der Waals surface area (Å²) in [4.78, 5) is 11.7. The fraction of sp³-hybridized carbons (Fsp3) is 0.400. The first-order valence-electron chi connectivity index (χ1n) is 8.88. The van der Waals surface area contributed by atoms with Crippen LogP contribution < -0.4 is 10.1 Å².